The summed E-state index contributed by atoms with van der Waals surface area (Å²) >= 11 is 0. The molecule has 0 bridgehead atoms. The molecule has 2 aromatic heterocycles. The molecule has 0 spiro atoms. The number of imidazole rings is 1. The van der Waals surface area contributed by atoms with Crippen molar-refractivity contribution in [1.29, 1.82) is 0 Å². The average molecular weight is 382 g/mol. The second kappa shape index (κ2) is 8.91. The minimum atomic E-state index is 0.442. The lowest BCUT2D eigenvalue weighted by atomic mass is 9.89. The maximum Gasteiger partial charge on any atom is 0.150 e. The van der Waals surface area contributed by atoms with Gasteiger partial charge in [-0.05, 0) is 42.9 Å². The zero-order chi connectivity index (χ0) is 20.1. The highest BCUT2D eigenvalue weighted by molar-refractivity contribution is 6.07. The first-order chi connectivity index (χ1) is 13.4. The second-order valence-corrected chi connectivity index (χ2v) is 8.97. The number of fused-ring (bicyclic) bond motifs is 3. The number of nitrogens with two attached hydrogens (primary N) is 1. The summed E-state index contributed by atoms with van der Waals surface area (Å²) in [5.41, 5.74) is 10.7. The molecule has 0 saturated heterocycles. The molecule has 5 nitrogen and oxygen atoms in total. The van der Waals surface area contributed by atoms with Gasteiger partial charge in [0.05, 0.1) is 12.1 Å². The van der Waals surface area contributed by atoms with Gasteiger partial charge in [-0.1, -0.05) is 59.1 Å². The van der Waals surface area contributed by atoms with E-state index in [9.17, 15) is 0 Å². The highest BCUT2D eigenvalue weighted by Gasteiger charge is 2.14. The molecule has 0 amide bonds. The van der Waals surface area contributed by atoms with E-state index in [1.165, 1.54) is 37.7 Å². The number of aryl methyl sites for hydroxylation is 1. The van der Waals surface area contributed by atoms with E-state index in [0.29, 0.717) is 17.8 Å². The lowest BCUT2D eigenvalue weighted by Gasteiger charge is -2.17. The Kier molecular flexibility index (Phi) is 6.55. The van der Waals surface area contributed by atoms with Gasteiger partial charge in [0.1, 0.15) is 22.7 Å². The molecule has 0 radical (unpaired) electrons. The number of anilines is 1. The van der Waals surface area contributed by atoms with Crippen LogP contribution < -0.4 is 11.1 Å². The van der Waals surface area contributed by atoms with Crippen LogP contribution >= 0.6 is 0 Å². The highest BCUT2D eigenvalue weighted by Crippen LogP contribution is 2.30. The Balaban J connectivity index is 1.77. The molecule has 3 rings (SSSR count). The van der Waals surface area contributed by atoms with Crippen LogP contribution in [-0.2, 0) is 13.0 Å². The number of nitrogen functional groups attached to an aromatic ring is 1. The van der Waals surface area contributed by atoms with Gasteiger partial charge in [0, 0.05) is 5.39 Å². The van der Waals surface area contributed by atoms with Crippen molar-refractivity contribution in [3.8, 4) is 0 Å². The molecule has 0 aliphatic heterocycles. The van der Waals surface area contributed by atoms with E-state index < -0.39 is 0 Å². The normalized spacial score (nSPS) is 12.3. The topological polar surface area (TPSA) is 79.6 Å². The first-order valence-corrected chi connectivity index (χ1v) is 10.7. The second-order valence-electron chi connectivity index (χ2n) is 8.97. The van der Waals surface area contributed by atoms with Gasteiger partial charge in [-0.15, -0.1) is 0 Å². The Labute approximate surface area is 168 Å². The molecule has 5 heteroatoms. The van der Waals surface area contributed by atoms with E-state index in [1.54, 1.807) is 0 Å². The Morgan fingerprint density at radius 2 is 1.86 bits per heavy atom. The van der Waals surface area contributed by atoms with Crippen molar-refractivity contribution in [3.05, 3.63) is 29.6 Å². The van der Waals surface area contributed by atoms with Gasteiger partial charge in [0.15, 0.2) is 0 Å². The van der Waals surface area contributed by atoms with Crippen LogP contribution in [0.15, 0.2) is 18.2 Å². The summed E-state index contributed by atoms with van der Waals surface area (Å²) in [6, 6.07) is 6.34. The standard InChI is InChI=1S/C23H35N5/c1-5-25-15-18-27-20-19-16(11-8-6-7-9-14-23(2,3)4)12-10-13-17(19)26-22(24)21(20)28-18/h10,12-13,25H,5-9,11,14-15H2,1-4H3,(H2,24,26)(H,27,28). The summed E-state index contributed by atoms with van der Waals surface area (Å²) in [6.45, 7) is 10.7. The predicted molar refractivity (Wildman–Crippen MR) is 119 cm³/mol. The van der Waals surface area contributed by atoms with Gasteiger partial charge < -0.3 is 16.0 Å². The van der Waals surface area contributed by atoms with Crippen LogP contribution in [0, 0.1) is 5.41 Å². The summed E-state index contributed by atoms with van der Waals surface area (Å²) in [5.74, 6) is 1.44. The van der Waals surface area contributed by atoms with Crippen molar-refractivity contribution in [2.24, 2.45) is 5.41 Å². The number of rotatable bonds is 9. The zero-order valence-corrected chi connectivity index (χ0v) is 17.9. The molecule has 0 fully saturated rings. The molecule has 0 unspecified atom stereocenters. The van der Waals surface area contributed by atoms with Gasteiger partial charge in [0.25, 0.3) is 0 Å². The molecule has 28 heavy (non-hydrogen) atoms. The molecule has 2 heterocycles. The fourth-order valence-corrected chi connectivity index (χ4v) is 3.79. The summed E-state index contributed by atoms with van der Waals surface area (Å²) in [6.07, 6.45) is 7.44. The molecule has 1 aromatic carbocycles. The molecule has 0 aliphatic rings. The maximum absolute atomic E-state index is 6.20. The molecule has 0 aliphatic carbocycles. The van der Waals surface area contributed by atoms with Crippen molar-refractivity contribution in [2.45, 2.75) is 72.8 Å². The molecule has 0 atom stereocenters. The number of aromatic amines is 1. The molecule has 152 valence electrons. The van der Waals surface area contributed by atoms with Crippen LogP contribution in [0.5, 0.6) is 0 Å². The summed E-state index contributed by atoms with van der Waals surface area (Å²) in [4.78, 5) is 12.8. The van der Waals surface area contributed by atoms with Gasteiger partial charge in [-0.2, -0.15) is 0 Å². The van der Waals surface area contributed by atoms with Crippen LogP contribution in [0.25, 0.3) is 21.9 Å². The summed E-state index contributed by atoms with van der Waals surface area (Å²) < 4.78 is 0. The zero-order valence-electron chi connectivity index (χ0n) is 17.9. The van der Waals surface area contributed by atoms with Crippen LogP contribution in [-0.4, -0.2) is 21.5 Å². The third-order valence-electron chi connectivity index (χ3n) is 5.28. The van der Waals surface area contributed by atoms with Crippen molar-refractivity contribution >= 4 is 27.8 Å². The number of aromatic nitrogens is 3. The van der Waals surface area contributed by atoms with Gasteiger partial charge in [-0.25, -0.2) is 9.97 Å². The van der Waals surface area contributed by atoms with Crippen molar-refractivity contribution in [2.75, 3.05) is 12.3 Å². The number of nitrogens with zero attached hydrogens (tertiary/aromatic N) is 2. The first-order valence-electron chi connectivity index (χ1n) is 10.7. The average Bonchev–Trinajstić information content (AvgIpc) is 3.06. The van der Waals surface area contributed by atoms with Gasteiger partial charge >= 0.3 is 0 Å². The van der Waals surface area contributed by atoms with Crippen molar-refractivity contribution < 1.29 is 0 Å². The third-order valence-corrected chi connectivity index (χ3v) is 5.28. The van der Waals surface area contributed by atoms with E-state index >= 15 is 0 Å². The molecule has 3 aromatic rings. The molecular weight excluding hydrogens is 346 g/mol. The predicted octanol–water partition coefficient (Wildman–Crippen LogP) is 5.34. The van der Waals surface area contributed by atoms with E-state index in [1.807, 2.05) is 6.07 Å². The van der Waals surface area contributed by atoms with E-state index in [4.69, 9.17) is 10.7 Å². The lowest BCUT2D eigenvalue weighted by Crippen LogP contribution is -2.12. The van der Waals surface area contributed by atoms with Crippen molar-refractivity contribution in [3.63, 3.8) is 0 Å². The quantitative estimate of drug-likeness (QED) is 0.437. The number of hydrogen-bond acceptors (Lipinski definition) is 4. The summed E-state index contributed by atoms with van der Waals surface area (Å²) in [5, 5.41) is 4.47. The minimum Gasteiger partial charge on any atom is -0.382 e. The number of H-pyrrole nitrogens is 1. The largest absolute Gasteiger partial charge is 0.382 e. The van der Waals surface area contributed by atoms with Crippen LogP contribution in [0.3, 0.4) is 0 Å². The summed E-state index contributed by atoms with van der Waals surface area (Å²) in [7, 11) is 0. The molecule has 4 N–H and O–H groups in total. The smallest absolute Gasteiger partial charge is 0.150 e. The van der Waals surface area contributed by atoms with Crippen LogP contribution in [0.1, 0.15) is 71.2 Å². The number of hydrogen-bond donors (Lipinski definition) is 3. The maximum atomic E-state index is 6.20. The Hall–Kier alpha value is -2.14. The number of benzene rings is 1. The van der Waals surface area contributed by atoms with Gasteiger partial charge in [-0.3, -0.25) is 0 Å². The van der Waals surface area contributed by atoms with Crippen LogP contribution in [0.2, 0.25) is 0 Å². The molecule has 0 saturated carbocycles. The monoisotopic (exact) mass is 381 g/mol. The Bertz CT molecular complexity index is 920. The molecular formula is C23H35N5. The highest BCUT2D eigenvalue weighted by atomic mass is 15.0. The van der Waals surface area contributed by atoms with Gasteiger partial charge in [0.2, 0.25) is 0 Å². The fraction of sp³-hybridized carbons (Fsp3) is 0.565. The lowest BCUT2D eigenvalue weighted by molar-refractivity contribution is 0.357. The van der Waals surface area contributed by atoms with Crippen molar-refractivity contribution in [1.82, 2.24) is 20.3 Å². The Morgan fingerprint density at radius 1 is 1.07 bits per heavy atom. The van der Waals surface area contributed by atoms with Crippen LogP contribution in [0.4, 0.5) is 5.82 Å². The first kappa shape index (κ1) is 20.6. The number of pyridine rings is 1. The minimum absolute atomic E-state index is 0.442. The Morgan fingerprint density at radius 3 is 2.61 bits per heavy atom. The van der Waals surface area contributed by atoms with E-state index in [-0.39, 0.29) is 0 Å². The van der Waals surface area contributed by atoms with E-state index in [0.717, 1.165) is 40.7 Å². The van der Waals surface area contributed by atoms with E-state index in [2.05, 4.69) is 55.1 Å². The SMILES string of the molecule is CCNCc1nc2c([nH]1)c(N)nc1cccc(CCCCCCC(C)(C)C)c12. The third kappa shape index (κ3) is 5.02. The fourth-order valence-electron chi connectivity index (χ4n) is 3.79. The number of nitrogens with one attached hydrogen (secondary N) is 2. The number of unbranched alkanes of at least 4 members (excludes halogenated alkanes) is 3.